The van der Waals surface area contributed by atoms with Gasteiger partial charge in [0.05, 0.1) is 17.0 Å². The highest BCUT2D eigenvalue weighted by molar-refractivity contribution is 7.93. The first-order chi connectivity index (χ1) is 11.1. The lowest BCUT2D eigenvalue weighted by Crippen LogP contribution is -2.25. The summed E-state index contributed by atoms with van der Waals surface area (Å²) in [6.07, 6.45) is 0.628. The number of sulfonamides is 1. The zero-order valence-corrected chi connectivity index (χ0v) is 13.3. The van der Waals surface area contributed by atoms with E-state index < -0.39 is 16.0 Å². The van der Waals surface area contributed by atoms with Gasteiger partial charge in [0.15, 0.2) is 0 Å². The molecular weight excluding hydrogens is 314 g/mol. The number of hydrogen-bond donors (Lipinski definition) is 0. The lowest BCUT2D eigenvalue weighted by Gasteiger charge is -2.16. The van der Waals surface area contributed by atoms with Crippen LogP contribution in [-0.2, 0) is 21.4 Å². The van der Waals surface area contributed by atoms with Crippen molar-refractivity contribution in [2.24, 2.45) is 0 Å². The number of hydrogen-bond acceptors (Lipinski definition) is 4. The smallest absolute Gasteiger partial charge is 0.338 e. The quantitative estimate of drug-likeness (QED) is 0.808. The summed E-state index contributed by atoms with van der Waals surface area (Å²) in [4.78, 5) is 12.0. The molecule has 0 aliphatic carbocycles. The van der Waals surface area contributed by atoms with E-state index in [0.29, 0.717) is 24.2 Å². The fourth-order valence-corrected chi connectivity index (χ4v) is 4.06. The van der Waals surface area contributed by atoms with Crippen molar-refractivity contribution >= 4 is 21.7 Å². The molecule has 1 aliphatic heterocycles. The molecule has 120 valence electrons. The Morgan fingerprint density at radius 3 is 2.35 bits per heavy atom. The van der Waals surface area contributed by atoms with Crippen LogP contribution in [0.4, 0.5) is 5.69 Å². The van der Waals surface area contributed by atoms with E-state index in [1.807, 2.05) is 30.3 Å². The van der Waals surface area contributed by atoms with Crippen molar-refractivity contribution in [2.75, 3.05) is 16.6 Å². The SMILES string of the molecule is O=C(OCc1ccccc1)c1ccc(N2CCCS2(=O)=O)cc1. The number of carbonyl (C=O) groups excluding carboxylic acids is 1. The van der Waals surface area contributed by atoms with E-state index in [1.54, 1.807) is 24.3 Å². The molecule has 6 heteroatoms. The van der Waals surface area contributed by atoms with E-state index in [0.717, 1.165) is 5.56 Å². The molecular formula is C17H17NO4S. The molecule has 0 spiro atoms. The average Bonchev–Trinajstić information content (AvgIpc) is 2.93. The van der Waals surface area contributed by atoms with Gasteiger partial charge in [-0.15, -0.1) is 0 Å². The molecule has 0 atom stereocenters. The van der Waals surface area contributed by atoms with Gasteiger partial charge in [0.25, 0.3) is 0 Å². The third-order valence-electron chi connectivity index (χ3n) is 3.70. The summed E-state index contributed by atoms with van der Waals surface area (Å²) < 4.78 is 30.4. The Morgan fingerprint density at radius 1 is 1.04 bits per heavy atom. The van der Waals surface area contributed by atoms with Gasteiger partial charge in [0, 0.05) is 6.54 Å². The van der Waals surface area contributed by atoms with Crippen molar-refractivity contribution in [1.82, 2.24) is 0 Å². The van der Waals surface area contributed by atoms with Crippen LogP contribution in [0.2, 0.25) is 0 Å². The van der Waals surface area contributed by atoms with Crippen LogP contribution >= 0.6 is 0 Å². The summed E-state index contributed by atoms with van der Waals surface area (Å²) in [6.45, 7) is 0.696. The monoisotopic (exact) mass is 331 g/mol. The van der Waals surface area contributed by atoms with Gasteiger partial charge < -0.3 is 4.74 Å². The number of rotatable bonds is 4. The van der Waals surface area contributed by atoms with Crippen molar-refractivity contribution < 1.29 is 17.9 Å². The molecule has 2 aromatic rings. The number of carbonyl (C=O) groups is 1. The second kappa shape index (κ2) is 6.42. The van der Waals surface area contributed by atoms with Gasteiger partial charge in [-0.3, -0.25) is 4.31 Å². The van der Waals surface area contributed by atoms with Gasteiger partial charge in [-0.25, -0.2) is 13.2 Å². The Morgan fingerprint density at radius 2 is 1.74 bits per heavy atom. The Hall–Kier alpha value is -2.34. The molecule has 2 aromatic carbocycles. The molecule has 1 fully saturated rings. The molecule has 5 nitrogen and oxygen atoms in total. The lowest BCUT2D eigenvalue weighted by atomic mass is 10.2. The number of nitrogens with zero attached hydrogens (tertiary/aromatic N) is 1. The molecule has 0 amide bonds. The van der Waals surface area contributed by atoms with Crippen LogP contribution in [0.5, 0.6) is 0 Å². The average molecular weight is 331 g/mol. The molecule has 0 aromatic heterocycles. The van der Waals surface area contributed by atoms with Crippen LogP contribution in [0.25, 0.3) is 0 Å². The molecule has 1 aliphatic rings. The van der Waals surface area contributed by atoms with E-state index in [2.05, 4.69) is 0 Å². The maximum absolute atomic E-state index is 12.0. The summed E-state index contributed by atoms with van der Waals surface area (Å²) in [5, 5.41) is 0. The van der Waals surface area contributed by atoms with Gasteiger partial charge in [-0.05, 0) is 36.2 Å². The third kappa shape index (κ3) is 3.53. The molecule has 0 unspecified atom stereocenters. The van der Waals surface area contributed by atoms with Crippen molar-refractivity contribution in [3.8, 4) is 0 Å². The highest BCUT2D eigenvalue weighted by Crippen LogP contribution is 2.24. The van der Waals surface area contributed by atoms with Gasteiger partial charge in [0.2, 0.25) is 10.0 Å². The summed E-state index contributed by atoms with van der Waals surface area (Å²) >= 11 is 0. The van der Waals surface area contributed by atoms with Crippen LogP contribution < -0.4 is 4.31 Å². The van der Waals surface area contributed by atoms with Crippen LogP contribution in [0.1, 0.15) is 22.3 Å². The van der Waals surface area contributed by atoms with Crippen LogP contribution in [0.15, 0.2) is 54.6 Å². The maximum Gasteiger partial charge on any atom is 0.338 e. The first-order valence-corrected chi connectivity index (χ1v) is 8.99. The molecule has 1 heterocycles. The molecule has 0 saturated carbocycles. The van der Waals surface area contributed by atoms with Crippen molar-refractivity contribution in [2.45, 2.75) is 13.0 Å². The van der Waals surface area contributed by atoms with Gasteiger partial charge in [-0.1, -0.05) is 30.3 Å². The van der Waals surface area contributed by atoms with Crippen molar-refractivity contribution in [3.05, 3.63) is 65.7 Å². The predicted molar refractivity (Wildman–Crippen MR) is 87.8 cm³/mol. The number of anilines is 1. The molecule has 0 radical (unpaired) electrons. The third-order valence-corrected chi connectivity index (χ3v) is 5.57. The lowest BCUT2D eigenvalue weighted by molar-refractivity contribution is 0.0473. The van der Waals surface area contributed by atoms with E-state index in [-0.39, 0.29) is 12.4 Å². The van der Waals surface area contributed by atoms with Crippen molar-refractivity contribution in [3.63, 3.8) is 0 Å². The second-order valence-corrected chi connectivity index (χ2v) is 7.36. The van der Waals surface area contributed by atoms with Crippen LogP contribution in [-0.4, -0.2) is 26.7 Å². The largest absolute Gasteiger partial charge is 0.457 e. The van der Waals surface area contributed by atoms with Crippen molar-refractivity contribution in [1.29, 1.82) is 0 Å². The van der Waals surface area contributed by atoms with Gasteiger partial charge in [-0.2, -0.15) is 0 Å². The zero-order chi connectivity index (χ0) is 16.3. The first kappa shape index (κ1) is 15.6. The summed E-state index contributed by atoms with van der Waals surface area (Å²) in [5.41, 5.74) is 1.91. The maximum atomic E-state index is 12.0. The number of ether oxygens (including phenoxy) is 1. The molecule has 23 heavy (non-hydrogen) atoms. The minimum Gasteiger partial charge on any atom is -0.457 e. The van der Waals surface area contributed by atoms with E-state index >= 15 is 0 Å². The van der Waals surface area contributed by atoms with E-state index in [1.165, 1.54) is 4.31 Å². The van der Waals surface area contributed by atoms with Crippen LogP contribution in [0.3, 0.4) is 0 Å². The fourth-order valence-electron chi connectivity index (χ4n) is 2.50. The number of benzene rings is 2. The number of esters is 1. The molecule has 3 rings (SSSR count). The predicted octanol–water partition coefficient (Wildman–Crippen LogP) is 2.58. The minimum atomic E-state index is -3.20. The topological polar surface area (TPSA) is 63.7 Å². The van der Waals surface area contributed by atoms with Gasteiger partial charge >= 0.3 is 5.97 Å². The fraction of sp³-hybridized carbons (Fsp3) is 0.235. The molecule has 1 saturated heterocycles. The Kier molecular flexibility index (Phi) is 4.34. The summed E-state index contributed by atoms with van der Waals surface area (Å²) in [6, 6.07) is 15.9. The molecule has 0 N–H and O–H groups in total. The highest BCUT2D eigenvalue weighted by Gasteiger charge is 2.28. The van der Waals surface area contributed by atoms with E-state index in [4.69, 9.17) is 4.74 Å². The minimum absolute atomic E-state index is 0.174. The van der Waals surface area contributed by atoms with E-state index in [9.17, 15) is 13.2 Å². The normalized spacial score (nSPS) is 16.3. The Labute approximate surface area is 135 Å². The zero-order valence-electron chi connectivity index (χ0n) is 12.5. The summed E-state index contributed by atoms with van der Waals surface area (Å²) in [7, 11) is -3.20. The summed E-state index contributed by atoms with van der Waals surface area (Å²) in [5.74, 6) is -0.252. The second-order valence-electron chi connectivity index (χ2n) is 5.35. The highest BCUT2D eigenvalue weighted by atomic mass is 32.2. The van der Waals surface area contributed by atoms with Crippen LogP contribution in [0, 0.1) is 0 Å². The molecule has 0 bridgehead atoms. The van der Waals surface area contributed by atoms with Gasteiger partial charge in [0.1, 0.15) is 6.61 Å². The standard InChI is InChI=1S/C17H17NO4S/c19-17(22-13-14-5-2-1-3-6-14)15-7-9-16(10-8-15)18-11-4-12-23(18,20)21/h1-3,5-10H,4,11-13H2. The Bertz CT molecular complexity index is 785. The Balaban J connectivity index is 1.66. The first-order valence-electron chi connectivity index (χ1n) is 7.38.